The number of rotatable bonds is 1. The van der Waals surface area contributed by atoms with E-state index in [4.69, 9.17) is 16.8 Å². The van der Waals surface area contributed by atoms with Crippen molar-refractivity contribution in [3.63, 3.8) is 0 Å². The fraction of sp³-hybridized carbons (Fsp3) is 0. The molecule has 0 aliphatic rings. The van der Waals surface area contributed by atoms with E-state index < -0.39 is 0 Å². The van der Waals surface area contributed by atoms with Crippen molar-refractivity contribution in [3.8, 4) is 0 Å². The molecular weight excluding hydrogens is 177 g/mol. The van der Waals surface area contributed by atoms with Gasteiger partial charge in [-0.2, -0.15) is 0 Å². The van der Waals surface area contributed by atoms with E-state index >= 15 is 0 Å². The Bertz CT molecular complexity index is 267. The Morgan fingerprint density at radius 3 is 2.27 bits per heavy atom. The van der Waals surface area contributed by atoms with Crippen LogP contribution in [0.25, 0.3) is 0 Å². The predicted molar refractivity (Wildman–Crippen MR) is 43.7 cm³/mol. The first-order valence-electron chi connectivity index (χ1n) is 2.62. The van der Waals surface area contributed by atoms with Crippen LogP contribution in [0.5, 0.6) is 0 Å². The monoisotopic (exact) mass is 182 g/mol. The molecule has 0 radical (unpaired) electrons. The molecule has 0 unspecified atom stereocenters. The molecule has 0 amide bonds. The third-order valence-corrected chi connectivity index (χ3v) is 1.38. The van der Waals surface area contributed by atoms with E-state index in [-0.39, 0.29) is 45.2 Å². The summed E-state index contributed by atoms with van der Waals surface area (Å²) in [5.74, 6) is 0. The molecular formula is C6H6ClNNaO2+. The summed E-state index contributed by atoms with van der Waals surface area (Å²) < 4.78 is 0. The predicted octanol–water partition coefficient (Wildman–Crippen LogP) is 1.49. The fourth-order valence-electron chi connectivity index (χ4n) is 0.607. The van der Waals surface area contributed by atoms with Crippen LogP contribution in [0.4, 0.5) is 5.69 Å². The summed E-state index contributed by atoms with van der Waals surface area (Å²) in [5, 5.41) is 8.63. The molecule has 0 aliphatic carbocycles. The van der Waals surface area contributed by atoms with Crippen molar-refractivity contribution in [2.24, 2.45) is 0 Å². The summed E-state index contributed by atoms with van der Waals surface area (Å²) in [6.45, 7) is 0. The molecule has 0 bridgehead atoms. The van der Waals surface area contributed by atoms with Gasteiger partial charge in [0.1, 0.15) is 5.02 Å². The normalized spacial score (nSPS) is 8.45. The van der Waals surface area contributed by atoms with Crippen molar-refractivity contribution in [1.29, 1.82) is 0 Å². The van der Waals surface area contributed by atoms with Crippen LogP contribution in [0.15, 0.2) is 24.3 Å². The maximum absolute atomic E-state index is 10.3. The van der Waals surface area contributed by atoms with Crippen molar-refractivity contribution in [2.75, 3.05) is 0 Å². The molecule has 1 rings (SSSR count). The zero-order valence-electron chi connectivity index (χ0n) is 4.99. The molecule has 54 valence electrons. The van der Waals surface area contributed by atoms with Crippen LogP contribution in [0.2, 0.25) is 5.02 Å². The second kappa shape index (κ2) is 4.72. The topological polar surface area (TPSA) is 40.3 Å². The SMILES string of the molecule is O=[N+](O)c1ccccc1Cl.[NaH]. The molecule has 3 nitrogen and oxygen atoms in total. The molecule has 0 saturated heterocycles. The summed E-state index contributed by atoms with van der Waals surface area (Å²) in [4.78, 5) is 9.99. The number of hydrogen-bond donors (Lipinski definition) is 1. The first-order valence-corrected chi connectivity index (χ1v) is 3.00. The van der Waals surface area contributed by atoms with Crippen LogP contribution in [0.3, 0.4) is 0 Å². The summed E-state index contributed by atoms with van der Waals surface area (Å²) in [5.41, 5.74) is 0.0594. The molecule has 0 aromatic heterocycles. The number of hydrogen-bond acceptors (Lipinski definition) is 1. The zero-order valence-corrected chi connectivity index (χ0v) is 5.75. The Morgan fingerprint density at radius 1 is 1.36 bits per heavy atom. The Morgan fingerprint density at radius 2 is 1.91 bits per heavy atom. The van der Waals surface area contributed by atoms with Crippen molar-refractivity contribution >= 4 is 46.8 Å². The Labute approximate surface area is 90.8 Å². The van der Waals surface area contributed by atoms with Gasteiger partial charge in [-0.3, -0.25) is 0 Å². The molecule has 1 aromatic rings. The third kappa shape index (κ3) is 2.79. The first kappa shape index (κ1) is 10.9. The zero-order chi connectivity index (χ0) is 7.56. The molecule has 11 heavy (non-hydrogen) atoms. The molecule has 0 atom stereocenters. The minimum atomic E-state index is -0.262. The first-order chi connectivity index (χ1) is 4.72. The van der Waals surface area contributed by atoms with E-state index in [1.807, 2.05) is 0 Å². The number of nitrogens with zero attached hydrogens (tertiary/aromatic N) is 1. The van der Waals surface area contributed by atoms with E-state index in [1.165, 1.54) is 12.1 Å². The standard InChI is InChI=1S/C6H5ClNO2.Na.H/c7-5-3-1-2-4-6(5)8(9)10;;/h1-4H,(H,9,10);;/q+1;;. The van der Waals surface area contributed by atoms with Crippen molar-refractivity contribution in [2.45, 2.75) is 0 Å². The van der Waals surface area contributed by atoms with Gasteiger partial charge in [0.25, 0.3) is 4.92 Å². The van der Waals surface area contributed by atoms with E-state index in [2.05, 4.69) is 0 Å². The molecule has 0 aliphatic heterocycles. The summed E-state index contributed by atoms with van der Waals surface area (Å²) in [6, 6.07) is 6.24. The number of benzene rings is 1. The van der Waals surface area contributed by atoms with E-state index in [9.17, 15) is 4.91 Å². The average Bonchev–Trinajstić information content (AvgIpc) is 1.88. The molecule has 0 fully saturated rings. The molecule has 0 saturated carbocycles. The van der Waals surface area contributed by atoms with E-state index in [0.29, 0.717) is 0 Å². The Balaban J connectivity index is 0.000001000. The van der Waals surface area contributed by atoms with Gasteiger partial charge >= 0.3 is 35.2 Å². The van der Waals surface area contributed by atoms with Crippen molar-refractivity contribution in [3.05, 3.63) is 34.2 Å². The molecule has 0 heterocycles. The van der Waals surface area contributed by atoms with Crippen LogP contribution in [0, 0.1) is 4.91 Å². The van der Waals surface area contributed by atoms with E-state index in [0.717, 1.165) is 0 Å². The summed E-state index contributed by atoms with van der Waals surface area (Å²) in [6.07, 6.45) is 0. The molecule has 5 heteroatoms. The Hall–Kier alpha value is -0.0900. The molecule has 1 N–H and O–H groups in total. The second-order valence-electron chi connectivity index (χ2n) is 1.72. The van der Waals surface area contributed by atoms with Gasteiger partial charge in [-0.1, -0.05) is 23.7 Å². The number of halogens is 1. The maximum atomic E-state index is 10.3. The average molecular weight is 183 g/mol. The van der Waals surface area contributed by atoms with Gasteiger partial charge in [0.2, 0.25) is 0 Å². The van der Waals surface area contributed by atoms with Gasteiger partial charge < -0.3 is 0 Å². The van der Waals surface area contributed by atoms with Gasteiger partial charge in [-0.25, -0.2) is 5.21 Å². The summed E-state index contributed by atoms with van der Waals surface area (Å²) in [7, 11) is 0. The van der Waals surface area contributed by atoms with Gasteiger partial charge in [0, 0.05) is 6.07 Å². The Kier molecular flexibility index (Phi) is 4.68. The molecule has 1 aromatic carbocycles. The van der Waals surface area contributed by atoms with Crippen molar-refractivity contribution < 1.29 is 10.1 Å². The van der Waals surface area contributed by atoms with Crippen LogP contribution in [-0.2, 0) is 0 Å². The summed E-state index contributed by atoms with van der Waals surface area (Å²) >= 11 is 5.52. The quantitative estimate of drug-likeness (QED) is 0.528. The number of para-hydroxylation sites is 1. The van der Waals surface area contributed by atoms with Gasteiger partial charge in [0.05, 0.1) is 4.91 Å². The molecule has 0 spiro atoms. The fourth-order valence-corrected chi connectivity index (χ4v) is 0.815. The minimum absolute atomic E-state index is 0. The third-order valence-electron chi connectivity index (χ3n) is 1.06. The van der Waals surface area contributed by atoms with Crippen LogP contribution in [-0.4, -0.2) is 39.7 Å². The van der Waals surface area contributed by atoms with Crippen LogP contribution in [0.1, 0.15) is 0 Å². The van der Waals surface area contributed by atoms with Gasteiger partial charge in [0.15, 0.2) is 0 Å². The van der Waals surface area contributed by atoms with Crippen LogP contribution >= 0.6 is 11.6 Å². The van der Waals surface area contributed by atoms with Crippen LogP contribution < -0.4 is 0 Å². The van der Waals surface area contributed by atoms with Gasteiger partial charge in [-0.05, 0) is 6.07 Å². The van der Waals surface area contributed by atoms with E-state index in [1.54, 1.807) is 12.1 Å². The van der Waals surface area contributed by atoms with Crippen molar-refractivity contribution in [1.82, 2.24) is 0 Å². The second-order valence-corrected chi connectivity index (χ2v) is 2.13. The van der Waals surface area contributed by atoms with Gasteiger partial charge in [-0.15, -0.1) is 0 Å².